The van der Waals surface area contributed by atoms with Crippen molar-refractivity contribution in [2.24, 2.45) is 9.98 Å². The Morgan fingerprint density at radius 3 is 2.97 bits per heavy atom. The van der Waals surface area contributed by atoms with Crippen LogP contribution in [0.2, 0.25) is 0 Å². The van der Waals surface area contributed by atoms with Gasteiger partial charge in [-0.2, -0.15) is 5.26 Å². The van der Waals surface area contributed by atoms with Gasteiger partial charge >= 0.3 is 0 Å². The third kappa shape index (κ3) is 4.09. The maximum Gasteiger partial charge on any atom is 0.259 e. The normalized spacial score (nSPS) is 17.1. The molecular weight excluding hydrogens is 406 g/mol. The van der Waals surface area contributed by atoms with Crippen molar-refractivity contribution in [2.75, 3.05) is 5.75 Å². The number of nitrogens with one attached hydrogen (secondary N) is 1. The second-order valence-corrected chi connectivity index (χ2v) is 8.37. The third-order valence-electron chi connectivity index (χ3n) is 4.50. The molecular formula is C20H17N5O2S2. The van der Waals surface area contributed by atoms with Gasteiger partial charge in [0.1, 0.15) is 11.9 Å². The van der Waals surface area contributed by atoms with Crippen LogP contribution in [0.4, 0.5) is 5.69 Å². The van der Waals surface area contributed by atoms with Crippen LogP contribution in [0, 0.1) is 11.3 Å². The molecule has 1 aromatic carbocycles. The Morgan fingerprint density at radius 1 is 1.31 bits per heavy atom. The molecule has 3 heterocycles. The fraction of sp³-hybridized carbons (Fsp3) is 0.250. The molecule has 1 N–H and O–H groups in total. The molecule has 2 aliphatic rings. The summed E-state index contributed by atoms with van der Waals surface area (Å²) >= 11 is 2.80. The van der Waals surface area contributed by atoms with Crippen LogP contribution >= 0.6 is 23.1 Å². The molecule has 29 heavy (non-hydrogen) atoms. The minimum Gasteiger partial charge on any atom is -0.351 e. The standard InChI is InChI=1S/C20H17N5O2S2/c21-9-11-29-20-24-15-6-2-1-5-14(15)18-23-16(19(27)25(18)20)7-8-17(26)22-12-13-4-3-10-28-13/h1-6,10,16H,7-8,11-12H2,(H,22,26)/t16-/m1/s1. The second-order valence-electron chi connectivity index (χ2n) is 6.40. The fourth-order valence-corrected chi connectivity index (χ4v) is 4.45. The number of hydrogen-bond acceptors (Lipinski definition) is 7. The van der Waals surface area contributed by atoms with Crippen LogP contribution < -0.4 is 5.32 Å². The zero-order valence-electron chi connectivity index (χ0n) is 15.4. The van der Waals surface area contributed by atoms with Crippen molar-refractivity contribution in [1.82, 2.24) is 10.2 Å². The highest BCUT2D eigenvalue weighted by atomic mass is 32.2. The topological polar surface area (TPSA) is 97.9 Å². The summed E-state index contributed by atoms with van der Waals surface area (Å²) in [7, 11) is 0. The molecule has 2 aliphatic heterocycles. The predicted octanol–water partition coefficient (Wildman–Crippen LogP) is 3.06. The molecule has 1 aromatic heterocycles. The van der Waals surface area contributed by atoms with E-state index in [-0.39, 0.29) is 24.0 Å². The van der Waals surface area contributed by atoms with Crippen LogP contribution in [0.3, 0.4) is 0 Å². The predicted molar refractivity (Wildman–Crippen MR) is 114 cm³/mol. The van der Waals surface area contributed by atoms with Gasteiger partial charge in [-0.05, 0) is 30.0 Å². The minimum absolute atomic E-state index is 0.107. The third-order valence-corrected chi connectivity index (χ3v) is 6.18. The molecule has 2 amide bonds. The summed E-state index contributed by atoms with van der Waals surface area (Å²) in [5, 5.41) is 14.2. The Morgan fingerprint density at radius 2 is 2.17 bits per heavy atom. The van der Waals surface area contributed by atoms with Gasteiger partial charge in [0, 0.05) is 16.9 Å². The molecule has 146 valence electrons. The van der Waals surface area contributed by atoms with Crippen molar-refractivity contribution >= 4 is 51.6 Å². The Bertz CT molecular complexity index is 1040. The van der Waals surface area contributed by atoms with Crippen molar-refractivity contribution in [3.8, 4) is 6.07 Å². The lowest BCUT2D eigenvalue weighted by Crippen LogP contribution is -2.41. The molecule has 2 aromatic rings. The molecule has 0 fully saturated rings. The van der Waals surface area contributed by atoms with E-state index in [0.29, 0.717) is 24.0 Å². The van der Waals surface area contributed by atoms with E-state index in [2.05, 4.69) is 21.4 Å². The minimum atomic E-state index is -0.628. The van der Waals surface area contributed by atoms with Crippen LogP contribution in [-0.2, 0) is 16.1 Å². The highest BCUT2D eigenvalue weighted by Gasteiger charge is 2.41. The molecule has 7 nitrogen and oxygen atoms in total. The van der Waals surface area contributed by atoms with Crippen LogP contribution in [-0.4, -0.2) is 39.5 Å². The maximum atomic E-state index is 13.0. The number of amides is 2. The lowest BCUT2D eigenvalue weighted by Gasteiger charge is -2.25. The highest BCUT2D eigenvalue weighted by Crippen LogP contribution is 2.34. The Kier molecular flexibility index (Phi) is 5.74. The number of thioether (sulfide) groups is 1. The van der Waals surface area contributed by atoms with Gasteiger partial charge in [-0.15, -0.1) is 11.3 Å². The monoisotopic (exact) mass is 423 g/mol. The molecule has 0 aliphatic carbocycles. The van der Waals surface area contributed by atoms with Crippen LogP contribution in [0.5, 0.6) is 0 Å². The van der Waals surface area contributed by atoms with E-state index in [9.17, 15) is 9.59 Å². The van der Waals surface area contributed by atoms with Crippen molar-refractivity contribution in [1.29, 1.82) is 5.26 Å². The first kappa shape index (κ1) is 19.4. The zero-order valence-corrected chi connectivity index (χ0v) is 17.0. The summed E-state index contributed by atoms with van der Waals surface area (Å²) in [5.74, 6) is 0.424. The maximum absolute atomic E-state index is 13.0. The first-order chi connectivity index (χ1) is 14.2. The van der Waals surface area contributed by atoms with E-state index >= 15 is 0 Å². The quantitative estimate of drug-likeness (QED) is 0.772. The molecule has 0 radical (unpaired) electrons. The number of hydrogen-bond donors (Lipinski definition) is 1. The second kappa shape index (κ2) is 8.59. The van der Waals surface area contributed by atoms with Gasteiger partial charge in [-0.3, -0.25) is 14.6 Å². The van der Waals surface area contributed by atoms with E-state index in [4.69, 9.17) is 5.26 Å². The van der Waals surface area contributed by atoms with E-state index in [1.54, 1.807) is 11.3 Å². The average Bonchev–Trinajstić information content (AvgIpc) is 3.37. The Labute approximate surface area is 176 Å². The van der Waals surface area contributed by atoms with Crippen molar-refractivity contribution in [3.63, 3.8) is 0 Å². The number of para-hydroxylation sites is 1. The van der Waals surface area contributed by atoms with E-state index in [1.165, 1.54) is 16.7 Å². The highest BCUT2D eigenvalue weighted by molar-refractivity contribution is 8.14. The van der Waals surface area contributed by atoms with Crippen molar-refractivity contribution < 1.29 is 9.59 Å². The first-order valence-corrected chi connectivity index (χ1v) is 10.9. The number of thiophene rings is 1. The van der Waals surface area contributed by atoms with Crippen LogP contribution in [0.1, 0.15) is 23.3 Å². The number of carbonyl (C=O) groups is 2. The molecule has 0 saturated carbocycles. The number of nitriles is 1. The Hall–Kier alpha value is -2.96. The van der Waals surface area contributed by atoms with Gasteiger partial charge in [0.15, 0.2) is 5.17 Å². The van der Waals surface area contributed by atoms with Gasteiger partial charge in [-0.1, -0.05) is 30.0 Å². The summed E-state index contributed by atoms with van der Waals surface area (Å²) in [5.41, 5.74) is 1.51. The molecule has 0 bridgehead atoms. The summed E-state index contributed by atoms with van der Waals surface area (Å²) < 4.78 is 0. The molecule has 1 atom stereocenters. The van der Waals surface area contributed by atoms with Crippen molar-refractivity contribution in [2.45, 2.75) is 25.4 Å². The van der Waals surface area contributed by atoms with Crippen molar-refractivity contribution in [3.05, 3.63) is 52.2 Å². The van der Waals surface area contributed by atoms with E-state index < -0.39 is 6.04 Å². The average molecular weight is 424 g/mol. The summed E-state index contributed by atoms with van der Waals surface area (Å²) in [6.45, 7) is 0.491. The number of rotatable bonds is 6. The molecule has 9 heteroatoms. The lowest BCUT2D eigenvalue weighted by atomic mass is 10.1. The molecule has 0 saturated heterocycles. The zero-order chi connectivity index (χ0) is 20.2. The van der Waals surface area contributed by atoms with E-state index in [0.717, 1.165) is 16.1 Å². The largest absolute Gasteiger partial charge is 0.351 e. The Balaban J connectivity index is 1.46. The summed E-state index contributed by atoms with van der Waals surface area (Å²) in [4.78, 5) is 36.9. The smallest absolute Gasteiger partial charge is 0.259 e. The van der Waals surface area contributed by atoms with Gasteiger partial charge < -0.3 is 5.32 Å². The number of carbonyl (C=O) groups excluding carboxylic acids is 2. The first-order valence-electron chi connectivity index (χ1n) is 9.06. The molecule has 4 rings (SSSR count). The van der Waals surface area contributed by atoms with E-state index in [1.807, 2.05) is 41.8 Å². The fourth-order valence-electron chi connectivity index (χ4n) is 3.14. The van der Waals surface area contributed by atoms with Gasteiger partial charge in [-0.25, -0.2) is 9.89 Å². The lowest BCUT2D eigenvalue weighted by molar-refractivity contribution is -0.125. The van der Waals surface area contributed by atoms with Gasteiger partial charge in [0.2, 0.25) is 5.91 Å². The van der Waals surface area contributed by atoms with Crippen LogP contribution in [0.15, 0.2) is 51.8 Å². The summed E-state index contributed by atoms with van der Waals surface area (Å²) in [6, 6.07) is 12.8. The van der Waals surface area contributed by atoms with Crippen LogP contribution in [0.25, 0.3) is 0 Å². The molecule has 0 spiro atoms. The number of amidine groups is 2. The summed E-state index contributed by atoms with van der Waals surface area (Å²) in [6.07, 6.45) is 0.541. The number of fused-ring (bicyclic) bond motifs is 3. The number of nitrogens with zero attached hydrogens (tertiary/aromatic N) is 4. The SMILES string of the molecule is N#CCSC1=Nc2ccccc2C2=N[C@H](CCC(=O)NCc3cccs3)C(=O)N12. The van der Waals surface area contributed by atoms with Gasteiger partial charge in [0.05, 0.1) is 24.1 Å². The number of benzene rings is 1. The molecule has 0 unspecified atom stereocenters. The van der Waals surface area contributed by atoms with Gasteiger partial charge in [0.25, 0.3) is 5.91 Å². The number of aliphatic imine (C=N–C) groups is 2.